The van der Waals surface area contributed by atoms with E-state index in [0.717, 1.165) is 22.3 Å². The van der Waals surface area contributed by atoms with Crippen LogP contribution in [0.5, 0.6) is 0 Å². The maximum Gasteiger partial charge on any atom is 0.141 e. The van der Waals surface area contributed by atoms with Gasteiger partial charge in [0.15, 0.2) is 0 Å². The van der Waals surface area contributed by atoms with Crippen molar-refractivity contribution in [2.24, 2.45) is 5.92 Å². The predicted molar refractivity (Wildman–Crippen MR) is 91.0 cm³/mol. The molecular formula is C18H20N6. The second kappa shape index (κ2) is 6.44. The average molecular weight is 320 g/mol. The van der Waals surface area contributed by atoms with E-state index < -0.39 is 0 Å². The van der Waals surface area contributed by atoms with E-state index >= 15 is 0 Å². The molecule has 122 valence electrons. The van der Waals surface area contributed by atoms with Gasteiger partial charge in [0.1, 0.15) is 12.0 Å². The lowest BCUT2D eigenvalue weighted by molar-refractivity contribution is 0.237. The third-order valence-electron chi connectivity index (χ3n) is 5.06. The van der Waals surface area contributed by atoms with E-state index in [2.05, 4.69) is 26.1 Å². The molecule has 6 heteroatoms. The third-order valence-corrected chi connectivity index (χ3v) is 5.06. The van der Waals surface area contributed by atoms with Crippen LogP contribution in [0.4, 0.5) is 0 Å². The Hall–Kier alpha value is -2.68. The molecule has 0 saturated heterocycles. The van der Waals surface area contributed by atoms with Gasteiger partial charge in [-0.1, -0.05) is 19.3 Å². The normalized spacial score (nSPS) is 17.0. The number of aromatic amines is 1. The van der Waals surface area contributed by atoms with Gasteiger partial charge in [-0.15, -0.1) is 0 Å². The minimum Gasteiger partial charge on any atom is -0.346 e. The van der Waals surface area contributed by atoms with Gasteiger partial charge in [0.25, 0.3) is 0 Å². The average Bonchev–Trinajstić information content (AvgIpc) is 3.29. The fraction of sp³-hybridized carbons (Fsp3) is 0.444. The summed E-state index contributed by atoms with van der Waals surface area (Å²) in [5.41, 5.74) is 2.68. The fourth-order valence-corrected chi connectivity index (χ4v) is 3.83. The van der Waals surface area contributed by atoms with Gasteiger partial charge in [0, 0.05) is 23.3 Å². The molecule has 4 rings (SSSR count). The van der Waals surface area contributed by atoms with Crippen LogP contribution in [-0.4, -0.2) is 24.7 Å². The van der Waals surface area contributed by atoms with E-state index in [-0.39, 0.29) is 6.04 Å². The first kappa shape index (κ1) is 14.9. The van der Waals surface area contributed by atoms with Crippen LogP contribution in [0.15, 0.2) is 31.0 Å². The van der Waals surface area contributed by atoms with E-state index in [1.807, 2.05) is 29.3 Å². The number of H-pyrrole nitrogens is 1. The zero-order valence-electron chi connectivity index (χ0n) is 13.5. The Morgan fingerprint density at radius 1 is 1.29 bits per heavy atom. The fourth-order valence-electron chi connectivity index (χ4n) is 3.83. The van der Waals surface area contributed by atoms with E-state index in [0.29, 0.717) is 12.3 Å². The van der Waals surface area contributed by atoms with E-state index in [1.165, 1.54) is 32.1 Å². The third kappa shape index (κ3) is 2.67. The molecule has 0 spiro atoms. The van der Waals surface area contributed by atoms with Gasteiger partial charge in [0.2, 0.25) is 0 Å². The molecule has 3 aromatic rings. The van der Waals surface area contributed by atoms with Crippen molar-refractivity contribution >= 4 is 11.0 Å². The van der Waals surface area contributed by atoms with E-state index in [1.54, 1.807) is 6.33 Å². The highest BCUT2D eigenvalue weighted by Gasteiger charge is 2.26. The molecule has 24 heavy (non-hydrogen) atoms. The Bertz CT molecular complexity index is 865. The molecule has 1 fully saturated rings. The van der Waals surface area contributed by atoms with Crippen molar-refractivity contribution in [2.75, 3.05) is 0 Å². The SMILES string of the molecule is N#CC[C@@H](C1CCCCC1)n1cc(-c2ncnc3[nH]ccc23)cn1. The second-order valence-electron chi connectivity index (χ2n) is 6.50. The summed E-state index contributed by atoms with van der Waals surface area (Å²) in [6.45, 7) is 0. The van der Waals surface area contributed by atoms with Crippen molar-refractivity contribution in [2.45, 2.75) is 44.6 Å². The number of fused-ring (bicyclic) bond motifs is 1. The summed E-state index contributed by atoms with van der Waals surface area (Å²) in [5, 5.41) is 14.8. The van der Waals surface area contributed by atoms with Gasteiger partial charge in [0.05, 0.1) is 30.4 Å². The molecule has 0 aliphatic heterocycles. The Morgan fingerprint density at radius 3 is 3.00 bits per heavy atom. The largest absolute Gasteiger partial charge is 0.346 e. The quantitative estimate of drug-likeness (QED) is 0.791. The maximum absolute atomic E-state index is 9.25. The van der Waals surface area contributed by atoms with Crippen LogP contribution in [0.2, 0.25) is 0 Å². The first-order valence-corrected chi connectivity index (χ1v) is 8.56. The van der Waals surface area contributed by atoms with Crippen LogP contribution in [0.1, 0.15) is 44.6 Å². The molecule has 0 unspecified atom stereocenters. The number of nitriles is 1. The van der Waals surface area contributed by atoms with Crippen molar-refractivity contribution in [3.05, 3.63) is 31.0 Å². The number of hydrogen-bond acceptors (Lipinski definition) is 4. The molecule has 3 heterocycles. The monoisotopic (exact) mass is 320 g/mol. The molecule has 0 radical (unpaired) electrons. The Labute approximate surface area is 140 Å². The molecule has 6 nitrogen and oxygen atoms in total. The Kier molecular flexibility index (Phi) is 3.99. The van der Waals surface area contributed by atoms with Crippen molar-refractivity contribution in [3.63, 3.8) is 0 Å². The van der Waals surface area contributed by atoms with Crippen molar-refractivity contribution in [1.82, 2.24) is 24.7 Å². The van der Waals surface area contributed by atoms with Crippen LogP contribution >= 0.6 is 0 Å². The van der Waals surface area contributed by atoms with E-state index in [9.17, 15) is 5.26 Å². The number of rotatable bonds is 4. The van der Waals surface area contributed by atoms with Gasteiger partial charge < -0.3 is 4.98 Å². The van der Waals surface area contributed by atoms with Crippen LogP contribution < -0.4 is 0 Å². The summed E-state index contributed by atoms with van der Waals surface area (Å²) in [6.07, 6.45) is 14.0. The lowest BCUT2D eigenvalue weighted by atomic mass is 9.83. The van der Waals surface area contributed by atoms with Gasteiger partial charge in [-0.3, -0.25) is 4.68 Å². The van der Waals surface area contributed by atoms with Crippen molar-refractivity contribution in [1.29, 1.82) is 5.26 Å². The molecule has 1 aliphatic carbocycles. The molecule has 1 atom stereocenters. The molecule has 0 aromatic carbocycles. The molecule has 1 aliphatic rings. The number of nitrogens with zero attached hydrogens (tertiary/aromatic N) is 5. The first-order chi connectivity index (χ1) is 11.9. The number of nitrogens with one attached hydrogen (secondary N) is 1. The van der Waals surface area contributed by atoms with Crippen molar-refractivity contribution < 1.29 is 0 Å². The Balaban J connectivity index is 1.68. The highest BCUT2D eigenvalue weighted by molar-refractivity contribution is 5.89. The molecule has 3 aromatic heterocycles. The van der Waals surface area contributed by atoms with E-state index in [4.69, 9.17) is 0 Å². The summed E-state index contributed by atoms with van der Waals surface area (Å²) in [4.78, 5) is 11.8. The lowest BCUT2D eigenvalue weighted by Crippen LogP contribution is -2.22. The van der Waals surface area contributed by atoms with Crippen LogP contribution in [-0.2, 0) is 0 Å². The maximum atomic E-state index is 9.25. The van der Waals surface area contributed by atoms with Crippen LogP contribution in [0, 0.1) is 17.2 Å². The first-order valence-electron chi connectivity index (χ1n) is 8.56. The topological polar surface area (TPSA) is 83.2 Å². The van der Waals surface area contributed by atoms with Gasteiger partial charge in [-0.05, 0) is 24.8 Å². The van der Waals surface area contributed by atoms with Crippen LogP contribution in [0.3, 0.4) is 0 Å². The van der Waals surface area contributed by atoms with Gasteiger partial charge in [-0.2, -0.15) is 10.4 Å². The number of hydrogen-bond donors (Lipinski definition) is 1. The van der Waals surface area contributed by atoms with Crippen LogP contribution in [0.25, 0.3) is 22.3 Å². The zero-order chi connectivity index (χ0) is 16.4. The predicted octanol–water partition coefficient (Wildman–Crippen LogP) is 3.86. The molecule has 1 N–H and O–H groups in total. The minimum atomic E-state index is 0.160. The standard InChI is InChI=1S/C18H20N6/c19-8-6-16(13-4-2-1-3-5-13)24-11-14(10-23-24)17-15-7-9-20-18(15)22-12-21-17/h7,9-13,16H,1-6H2,(H,20,21,22)/t16-/m0/s1. The lowest BCUT2D eigenvalue weighted by Gasteiger charge is -2.29. The van der Waals surface area contributed by atoms with Gasteiger partial charge in [-0.25, -0.2) is 9.97 Å². The summed E-state index contributed by atoms with van der Waals surface area (Å²) < 4.78 is 1.98. The zero-order valence-corrected chi connectivity index (χ0v) is 13.5. The summed E-state index contributed by atoms with van der Waals surface area (Å²) in [7, 11) is 0. The molecule has 1 saturated carbocycles. The minimum absolute atomic E-state index is 0.160. The summed E-state index contributed by atoms with van der Waals surface area (Å²) in [5.74, 6) is 0.545. The Morgan fingerprint density at radius 2 is 2.17 bits per heavy atom. The number of aromatic nitrogens is 5. The molecular weight excluding hydrogens is 300 g/mol. The molecule has 0 bridgehead atoms. The summed E-state index contributed by atoms with van der Waals surface area (Å²) in [6, 6.07) is 4.49. The highest BCUT2D eigenvalue weighted by Crippen LogP contribution is 2.35. The second-order valence-corrected chi connectivity index (χ2v) is 6.50. The van der Waals surface area contributed by atoms with Gasteiger partial charge >= 0.3 is 0 Å². The van der Waals surface area contributed by atoms with Crippen molar-refractivity contribution in [3.8, 4) is 17.3 Å². The summed E-state index contributed by atoms with van der Waals surface area (Å²) >= 11 is 0. The smallest absolute Gasteiger partial charge is 0.141 e. The molecule has 0 amide bonds. The highest BCUT2D eigenvalue weighted by atomic mass is 15.3.